The van der Waals surface area contributed by atoms with Crippen LogP contribution in [0.25, 0.3) is 0 Å². The summed E-state index contributed by atoms with van der Waals surface area (Å²) in [6.07, 6.45) is 2.37. The summed E-state index contributed by atoms with van der Waals surface area (Å²) in [6.45, 7) is 6.83. The molecule has 1 saturated heterocycles. The number of likely N-dealkylation sites (N-methyl/N-ethyl adjacent to an activating group) is 2. The molecule has 0 aromatic carbocycles. The molecule has 1 amide bonds. The summed E-state index contributed by atoms with van der Waals surface area (Å²) in [4.78, 5) is 26.5. The highest BCUT2D eigenvalue weighted by molar-refractivity contribution is 5.82. The standard InChI is InChI=1S/C13H25N3O3/c1-4-16-7-5-6-11(16)8-15(3)9-12(13(18)19)14-10(2)17/h11-12H,4-9H2,1-3H3,(H,14,17)(H,18,19). The van der Waals surface area contributed by atoms with Gasteiger partial charge in [0, 0.05) is 26.1 Å². The Kier molecular flexibility index (Phi) is 6.24. The van der Waals surface area contributed by atoms with Crippen LogP contribution in [0.1, 0.15) is 26.7 Å². The fourth-order valence-electron chi connectivity index (χ4n) is 2.70. The van der Waals surface area contributed by atoms with Crippen molar-refractivity contribution in [3.05, 3.63) is 0 Å². The maximum atomic E-state index is 11.1. The molecule has 0 radical (unpaired) electrons. The van der Waals surface area contributed by atoms with E-state index in [1.165, 1.54) is 13.3 Å². The Morgan fingerprint density at radius 1 is 1.53 bits per heavy atom. The molecule has 1 aliphatic rings. The van der Waals surface area contributed by atoms with Gasteiger partial charge in [-0.1, -0.05) is 6.92 Å². The van der Waals surface area contributed by atoms with Crippen LogP contribution >= 0.6 is 0 Å². The second-order valence-electron chi connectivity index (χ2n) is 5.24. The van der Waals surface area contributed by atoms with Gasteiger partial charge in [-0.15, -0.1) is 0 Å². The average molecular weight is 271 g/mol. The molecule has 1 aliphatic heterocycles. The smallest absolute Gasteiger partial charge is 0.327 e. The normalized spacial score (nSPS) is 21.6. The van der Waals surface area contributed by atoms with E-state index in [2.05, 4.69) is 17.1 Å². The summed E-state index contributed by atoms with van der Waals surface area (Å²) in [5.41, 5.74) is 0. The molecule has 2 unspecified atom stereocenters. The maximum Gasteiger partial charge on any atom is 0.327 e. The van der Waals surface area contributed by atoms with Crippen molar-refractivity contribution in [3.63, 3.8) is 0 Å². The summed E-state index contributed by atoms with van der Waals surface area (Å²) >= 11 is 0. The number of nitrogens with zero attached hydrogens (tertiary/aromatic N) is 2. The molecule has 0 saturated carbocycles. The Morgan fingerprint density at radius 2 is 2.21 bits per heavy atom. The maximum absolute atomic E-state index is 11.1. The highest BCUT2D eigenvalue weighted by Crippen LogP contribution is 2.17. The van der Waals surface area contributed by atoms with Gasteiger partial charge in [-0.3, -0.25) is 9.69 Å². The highest BCUT2D eigenvalue weighted by Gasteiger charge is 2.26. The summed E-state index contributed by atoms with van der Waals surface area (Å²) in [7, 11) is 1.91. The zero-order valence-corrected chi connectivity index (χ0v) is 12.1. The minimum Gasteiger partial charge on any atom is -0.480 e. The fraction of sp³-hybridized carbons (Fsp3) is 0.846. The third-order valence-electron chi connectivity index (χ3n) is 3.60. The van der Waals surface area contributed by atoms with E-state index in [0.717, 1.165) is 26.1 Å². The van der Waals surface area contributed by atoms with E-state index in [9.17, 15) is 9.59 Å². The minimum atomic E-state index is -0.985. The Balaban J connectivity index is 2.45. The van der Waals surface area contributed by atoms with Gasteiger partial charge in [0.15, 0.2) is 0 Å². The summed E-state index contributed by atoms with van der Waals surface area (Å²) < 4.78 is 0. The number of rotatable bonds is 7. The second kappa shape index (κ2) is 7.45. The van der Waals surface area contributed by atoms with Crippen molar-refractivity contribution in [1.29, 1.82) is 0 Å². The Bertz CT molecular complexity index is 322. The van der Waals surface area contributed by atoms with Crippen molar-refractivity contribution in [2.45, 2.75) is 38.8 Å². The third kappa shape index (κ3) is 5.16. The lowest BCUT2D eigenvalue weighted by Crippen LogP contribution is -2.49. The lowest BCUT2D eigenvalue weighted by molar-refractivity contribution is -0.142. The molecule has 19 heavy (non-hydrogen) atoms. The number of carbonyl (C=O) groups is 2. The zero-order chi connectivity index (χ0) is 14.4. The van der Waals surface area contributed by atoms with Crippen LogP contribution in [0, 0.1) is 0 Å². The van der Waals surface area contributed by atoms with Crippen LogP contribution in [0.5, 0.6) is 0 Å². The lowest BCUT2D eigenvalue weighted by Gasteiger charge is -2.29. The predicted octanol–water partition coefficient (Wildman–Crippen LogP) is -0.00820. The minimum absolute atomic E-state index is 0.308. The molecule has 0 bridgehead atoms. The largest absolute Gasteiger partial charge is 0.480 e. The molecule has 1 rings (SSSR count). The summed E-state index contributed by atoms with van der Waals surface area (Å²) in [5.74, 6) is -1.29. The number of carboxylic acid groups (broad SMARTS) is 1. The van der Waals surface area contributed by atoms with Gasteiger partial charge in [-0.25, -0.2) is 4.79 Å². The summed E-state index contributed by atoms with van der Waals surface area (Å²) in [6, 6.07) is -0.333. The molecule has 2 N–H and O–H groups in total. The van der Waals surface area contributed by atoms with Gasteiger partial charge in [-0.05, 0) is 33.0 Å². The van der Waals surface area contributed by atoms with Gasteiger partial charge in [0.25, 0.3) is 0 Å². The van der Waals surface area contributed by atoms with Crippen molar-refractivity contribution in [3.8, 4) is 0 Å². The molecular weight excluding hydrogens is 246 g/mol. The Hall–Kier alpha value is -1.14. The molecule has 6 heteroatoms. The molecule has 6 nitrogen and oxygen atoms in total. The van der Waals surface area contributed by atoms with Gasteiger partial charge >= 0.3 is 5.97 Å². The SMILES string of the molecule is CCN1CCCC1CN(C)CC(NC(C)=O)C(=O)O. The first-order chi connectivity index (χ1) is 8.93. The molecule has 1 heterocycles. The van der Waals surface area contributed by atoms with Crippen LogP contribution in [-0.4, -0.2) is 72.1 Å². The van der Waals surface area contributed by atoms with Crippen LogP contribution in [0.15, 0.2) is 0 Å². The zero-order valence-electron chi connectivity index (χ0n) is 12.1. The predicted molar refractivity (Wildman–Crippen MR) is 73.0 cm³/mol. The first kappa shape index (κ1) is 15.9. The van der Waals surface area contributed by atoms with Gasteiger partial charge in [-0.2, -0.15) is 0 Å². The van der Waals surface area contributed by atoms with E-state index in [1.807, 2.05) is 11.9 Å². The molecule has 110 valence electrons. The van der Waals surface area contributed by atoms with Gasteiger partial charge in [0.2, 0.25) is 5.91 Å². The van der Waals surface area contributed by atoms with Crippen molar-refractivity contribution in [1.82, 2.24) is 15.1 Å². The second-order valence-corrected chi connectivity index (χ2v) is 5.24. The number of carboxylic acids is 1. The number of aliphatic carboxylic acids is 1. The summed E-state index contributed by atoms with van der Waals surface area (Å²) in [5, 5.41) is 11.5. The highest BCUT2D eigenvalue weighted by atomic mass is 16.4. The molecule has 0 aliphatic carbocycles. The lowest BCUT2D eigenvalue weighted by atomic mass is 10.2. The quantitative estimate of drug-likeness (QED) is 0.681. The molecular formula is C13H25N3O3. The van der Waals surface area contributed by atoms with E-state index in [0.29, 0.717) is 12.6 Å². The first-order valence-electron chi connectivity index (χ1n) is 6.86. The first-order valence-corrected chi connectivity index (χ1v) is 6.86. The Morgan fingerprint density at radius 3 is 2.74 bits per heavy atom. The van der Waals surface area contributed by atoms with E-state index in [-0.39, 0.29) is 5.91 Å². The van der Waals surface area contributed by atoms with Crippen molar-refractivity contribution in [2.24, 2.45) is 0 Å². The molecule has 2 atom stereocenters. The van der Waals surface area contributed by atoms with Crippen LogP contribution < -0.4 is 5.32 Å². The number of hydrogen-bond donors (Lipinski definition) is 2. The number of nitrogens with one attached hydrogen (secondary N) is 1. The number of likely N-dealkylation sites (tertiary alicyclic amines) is 1. The van der Waals surface area contributed by atoms with Crippen molar-refractivity contribution in [2.75, 3.05) is 33.2 Å². The number of carbonyl (C=O) groups excluding carboxylic acids is 1. The van der Waals surface area contributed by atoms with Crippen LogP contribution in [0.3, 0.4) is 0 Å². The molecule has 0 aromatic rings. The molecule has 0 spiro atoms. The van der Waals surface area contributed by atoms with Crippen LogP contribution in [0.2, 0.25) is 0 Å². The van der Waals surface area contributed by atoms with Gasteiger partial charge in [0.05, 0.1) is 0 Å². The van der Waals surface area contributed by atoms with Crippen LogP contribution in [-0.2, 0) is 9.59 Å². The monoisotopic (exact) mass is 271 g/mol. The van der Waals surface area contributed by atoms with E-state index in [4.69, 9.17) is 5.11 Å². The van der Waals surface area contributed by atoms with E-state index >= 15 is 0 Å². The van der Waals surface area contributed by atoms with Gasteiger partial charge in [0.1, 0.15) is 6.04 Å². The van der Waals surface area contributed by atoms with Crippen molar-refractivity contribution >= 4 is 11.9 Å². The van der Waals surface area contributed by atoms with Crippen LogP contribution in [0.4, 0.5) is 0 Å². The van der Waals surface area contributed by atoms with E-state index < -0.39 is 12.0 Å². The topological polar surface area (TPSA) is 72.9 Å². The van der Waals surface area contributed by atoms with Gasteiger partial charge < -0.3 is 15.3 Å². The van der Waals surface area contributed by atoms with Crippen molar-refractivity contribution < 1.29 is 14.7 Å². The Labute approximate surface area is 114 Å². The fourth-order valence-corrected chi connectivity index (χ4v) is 2.70. The molecule has 0 aromatic heterocycles. The third-order valence-corrected chi connectivity index (χ3v) is 3.60. The molecule has 1 fully saturated rings. The average Bonchev–Trinajstić information content (AvgIpc) is 2.74. The van der Waals surface area contributed by atoms with E-state index in [1.54, 1.807) is 0 Å². The number of amides is 1. The number of hydrogen-bond acceptors (Lipinski definition) is 4.